The van der Waals surface area contributed by atoms with Gasteiger partial charge in [0.25, 0.3) is 11.8 Å². The number of hydrogen-bond donors (Lipinski definition) is 2. The Morgan fingerprint density at radius 3 is 2.77 bits per heavy atom. The number of nitrogens with two attached hydrogens (primary N) is 1. The lowest BCUT2D eigenvalue weighted by Gasteiger charge is -2.13. The van der Waals surface area contributed by atoms with Crippen LogP contribution >= 0.6 is 22.9 Å². The summed E-state index contributed by atoms with van der Waals surface area (Å²) < 4.78 is 5.86. The summed E-state index contributed by atoms with van der Waals surface area (Å²) in [7, 11) is 0. The fourth-order valence-corrected chi connectivity index (χ4v) is 2.86. The molecule has 1 aromatic carbocycles. The lowest BCUT2D eigenvalue weighted by Crippen LogP contribution is -2.26. The Hall–Kier alpha value is -2.05. The van der Waals surface area contributed by atoms with Gasteiger partial charge >= 0.3 is 0 Å². The van der Waals surface area contributed by atoms with Gasteiger partial charge in [-0.2, -0.15) is 0 Å². The first-order chi connectivity index (χ1) is 10.5. The summed E-state index contributed by atoms with van der Waals surface area (Å²) in [6.07, 6.45) is 0. The monoisotopic (exact) mass is 338 g/mol. The van der Waals surface area contributed by atoms with Gasteiger partial charge in [-0.05, 0) is 37.3 Å². The van der Waals surface area contributed by atoms with Gasteiger partial charge in [0.2, 0.25) is 0 Å². The maximum Gasteiger partial charge on any atom is 0.255 e. The van der Waals surface area contributed by atoms with Crippen molar-refractivity contribution in [3.63, 3.8) is 0 Å². The lowest BCUT2D eigenvalue weighted by atomic mass is 10.2. The molecule has 3 N–H and O–H groups in total. The van der Waals surface area contributed by atoms with Crippen molar-refractivity contribution in [2.45, 2.75) is 13.0 Å². The molecule has 0 radical (unpaired) electrons. The van der Waals surface area contributed by atoms with Gasteiger partial charge in [-0.1, -0.05) is 17.7 Å². The quantitative estimate of drug-likeness (QED) is 0.849. The van der Waals surface area contributed by atoms with Gasteiger partial charge in [-0.3, -0.25) is 9.59 Å². The standard InChI is InChI=1S/C15H15ClN2O3S/c1-9(12-5-6-13(16)22-12)18-15(20)10-3-2-4-11(7-10)21-8-14(17)19/h2-7,9H,8H2,1H3,(H2,17,19)(H,18,20)/t9-/m0/s1. The third-order valence-electron chi connectivity index (χ3n) is 2.85. The second-order valence-electron chi connectivity index (χ2n) is 4.62. The van der Waals surface area contributed by atoms with E-state index in [9.17, 15) is 9.59 Å². The van der Waals surface area contributed by atoms with Gasteiger partial charge in [0, 0.05) is 10.4 Å². The van der Waals surface area contributed by atoms with Crippen molar-refractivity contribution < 1.29 is 14.3 Å². The maximum absolute atomic E-state index is 12.2. The van der Waals surface area contributed by atoms with E-state index in [0.717, 1.165) is 4.88 Å². The van der Waals surface area contributed by atoms with Crippen LogP contribution in [0.2, 0.25) is 4.34 Å². The third-order valence-corrected chi connectivity index (χ3v) is 4.26. The molecule has 0 fully saturated rings. The van der Waals surface area contributed by atoms with Gasteiger partial charge < -0.3 is 15.8 Å². The number of carbonyl (C=O) groups excluding carboxylic acids is 2. The number of rotatable bonds is 6. The predicted octanol–water partition coefficient (Wildman–Crippen LogP) is 2.76. The number of thiophene rings is 1. The average molecular weight is 339 g/mol. The molecule has 1 aromatic heterocycles. The van der Waals surface area contributed by atoms with Crippen LogP contribution in [0.25, 0.3) is 0 Å². The van der Waals surface area contributed by atoms with Crippen LogP contribution in [0.5, 0.6) is 5.75 Å². The van der Waals surface area contributed by atoms with Crippen molar-refractivity contribution in [2.24, 2.45) is 5.73 Å². The van der Waals surface area contributed by atoms with E-state index in [2.05, 4.69) is 5.32 Å². The molecule has 2 rings (SSSR count). The fourth-order valence-electron chi connectivity index (χ4n) is 1.79. The Morgan fingerprint density at radius 2 is 2.14 bits per heavy atom. The summed E-state index contributed by atoms with van der Waals surface area (Å²) in [5, 5.41) is 2.88. The van der Waals surface area contributed by atoms with E-state index in [-0.39, 0.29) is 18.6 Å². The number of nitrogens with one attached hydrogen (secondary N) is 1. The molecule has 5 nitrogen and oxygen atoms in total. The van der Waals surface area contributed by atoms with Crippen molar-refractivity contribution >= 4 is 34.8 Å². The Labute approximate surface area is 137 Å². The number of primary amides is 1. The first-order valence-corrected chi connectivity index (χ1v) is 7.72. The zero-order chi connectivity index (χ0) is 16.1. The highest BCUT2D eigenvalue weighted by atomic mass is 35.5. The lowest BCUT2D eigenvalue weighted by molar-refractivity contribution is -0.119. The molecular formula is C15H15ClN2O3S. The first kappa shape index (κ1) is 16.3. The highest BCUT2D eigenvalue weighted by Gasteiger charge is 2.13. The Balaban J connectivity index is 2.02. The van der Waals surface area contributed by atoms with Crippen molar-refractivity contribution in [1.82, 2.24) is 5.32 Å². The van der Waals surface area contributed by atoms with Gasteiger partial charge in [-0.25, -0.2) is 0 Å². The minimum atomic E-state index is -0.571. The molecule has 2 amide bonds. The predicted molar refractivity (Wildman–Crippen MR) is 86.3 cm³/mol. The zero-order valence-corrected chi connectivity index (χ0v) is 13.4. The molecule has 0 aliphatic rings. The van der Waals surface area contributed by atoms with Crippen LogP contribution in [0.1, 0.15) is 28.2 Å². The summed E-state index contributed by atoms with van der Waals surface area (Å²) in [5.41, 5.74) is 5.46. The fraction of sp³-hybridized carbons (Fsp3) is 0.200. The van der Waals surface area contributed by atoms with E-state index < -0.39 is 5.91 Å². The van der Waals surface area contributed by atoms with Crippen molar-refractivity contribution in [3.05, 3.63) is 51.2 Å². The van der Waals surface area contributed by atoms with E-state index in [0.29, 0.717) is 15.6 Å². The number of halogens is 1. The molecule has 0 aliphatic carbocycles. The molecule has 1 atom stereocenters. The molecule has 0 spiro atoms. The summed E-state index contributed by atoms with van der Waals surface area (Å²) in [4.78, 5) is 23.9. The van der Waals surface area contributed by atoms with Gasteiger partial charge in [0.15, 0.2) is 6.61 Å². The van der Waals surface area contributed by atoms with Gasteiger partial charge in [0.05, 0.1) is 10.4 Å². The average Bonchev–Trinajstić information content (AvgIpc) is 2.92. The molecular weight excluding hydrogens is 324 g/mol. The minimum absolute atomic E-state index is 0.153. The molecule has 2 aromatic rings. The van der Waals surface area contributed by atoms with Crippen LogP contribution < -0.4 is 15.8 Å². The molecule has 1 heterocycles. The Morgan fingerprint density at radius 1 is 1.36 bits per heavy atom. The summed E-state index contributed by atoms with van der Waals surface area (Å²) in [5.74, 6) is -0.391. The molecule has 7 heteroatoms. The summed E-state index contributed by atoms with van der Waals surface area (Å²) >= 11 is 7.31. The number of carbonyl (C=O) groups is 2. The van der Waals surface area contributed by atoms with Crippen LogP contribution in [0, 0.1) is 0 Å². The topological polar surface area (TPSA) is 81.4 Å². The van der Waals surface area contributed by atoms with Crippen molar-refractivity contribution in [3.8, 4) is 5.75 Å². The minimum Gasteiger partial charge on any atom is -0.484 e. The van der Waals surface area contributed by atoms with Crippen molar-refractivity contribution in [1.29, 1.82) is 0 Å². The molecule has 0 unspecified atom stereocenters. The molecule has 0 bridgehead atoms. The van der Waals surface area contributed by atoms with E-state index in [1.165, 1.54) is 11.3 Å². The van der Waals surface area contributed by atoms with E-state index >= 15 is 0 Å². The van der Waals surface area contributed by atoms with Crippen LogP contribution in [-0.4, -0.2) is 18.4 Å². The molecule has 0 aliphatic heterocycles. The Bertz CT molecular complexity index is 687. The normalized spacial score (nSPS) is 11.7. The van der Waals surface area contributed by atoms with E-state index in [4.69, 9.17) is 22.1 Å². The zero-order valence-electron chi connectivity index (χ0n) is 11.8. The van der Waals surface area contributed by atoms with Gasteiger partial charge in [-0.15, -0.1) is 11.3 Å². The van der Waals surface area contributed by atoms with Crippen LogP contribution in [0.3, 0.4) is 0 Å². The van der Waals surface area contributed by atoms with Gasteiger partial charge in [0.1, 0.15) is 5.75 Å². The highest BCUT2D eigenvalue weighted by molar-refractivity contribution is 7.16. The van der Waals surface area contributed by atoms with E-state index in [1.807, 2.05) is 13.0 Å². The van der Waals surface area contributed by atoms with Crippen LogP contribution in [0.15, 0.2) is 36.4 Å². The van der Waals surface area contributed by atoms with Crippen LogP contribution in [-0.2, 0) is 4.79 Å². The second-order valence-corrected chi connectivity index (χ2v) is 6.37. The van der Waals surface area contributed by atoms with E-state index in [1.54, 1.807) is 30.3 Å². The highest BCUT2D eigenvalue weighted by Crippen LogP contribution is 2.27. The number of amides is 2. The third kappa shape index (κ3) is 4.47. The van der Waals surface area contributed by atoms with Crippen LogP contribution in [0.4, 0.5) is 0 Å². The molecule has 0 saturated heterocycles. The second kappa shape index (κ2) is 7.29. The first-order valence-electron chi connectivity index (χ1n) is 6.53. The summed E-state index contributed by atoms with van der Waals surface area (Å²) in [6, 6.07) is 10.1. The maximum atomic E-state index is 12.2. The van der Waals surface area contributed by atoms with Crippen molar-refractivity contribution in [2.75, 3.05) is 6.61 Å². The summed E-state index contributed by atoms with van der Waals surface area (Å²) in [6.45, 7) is 1.66. The number of ether oxygens (including phenoxy) is 1. The molecule has 116 valence electrons. The number of benzene rings is 1. The largest absolute Gasteiger partial charge is 0.484 e. The Kier molecular flexibility index (Phi) is 5.41. The molecule has 0 saturated carbocycles. The SMILES string of the molecule is C[C@H](NC(=O)c1cccc(OCC(N)=O)c1)c1ccc(Cl)s1. The molecule has 22 heavy (non-hydrogen) atoms. The number of hydrogen-bond acceptors (Lipinski definition) is 4. The smallest absolute Gasteiger partial charge is 0.255 e.